The zero-order valence-electron chi connectivity index (χ0n) is 20.6. The minimum atomic E-state index is -1.05. The predicted molar refractivity (Wildman–Crippen MR) is 122 cm³/mol. The second-order valence-electron chi connectivity index (χ2n) is 9.57. The molecule has 5 N–H and O–H groups in total. The van der Waals surface area contributed by atoms with Gasteiger partial charge in [-0.15, -0.1) is 0 Å². The lowest BCUT2D eigenvalue weighted by Gasteiger charge is -2.26. The second kappa shape index (κ2) is 11.6. The van der Waals surface area contributed by atoms with E-state index in [-0.39, 0.29) is 18.3 Å². The standard InChI is InChI=1S/C21H34N6O8/c1-10(2)15(24-20(33)35-21(4,5)6)17(31)23-11(3)16(30)25-18-22-9-27(19(32)26-18)14-7-12(29)13(8-28)34-14/h9-15,28-29H,7-8H2,1-6H3,(H,23,31)(H,24,33)(H,25,26,30,32)/t11-,12-,13+,14+,15-/m0/s1. The first kappa shape index (κ1) is 28.1. The van der Waals surface area contributed by atoms with Crippen LogP contribution in [0.25, 0.3) is 0 Å². The SMILES string of the molecule is CC(C)[C@H](NC(=O)OC(C)(C)C)C(=O)N[C@@H](C)C(=O)Nc1ncn([C@H]2C[C@H](O)[C@@H](CO)O2)c(=O)n1. The highest BCUT2D eigenvalue weighted by Crippen LogP contribution is 2.27. The number of carbonyl (C=O) groups excluding carboxylic acids is 3. The van der Waals surface area contributed by atoms with Crippen LogP contribution in [0.5, 0.6) is 0 Å². The summed E-state index contributed by atoms with van der Waals surface area (Å²) < 4.78 is 11.6. The van der Waals surface area contributed by atoms with Crippen molar-refractivity contribution in [2.24, 2.45) is 5.92 Å². The van der Waals surface area contributed by atoms with E-state index in [1.807, 2.05) is 0 Å². The lowest BCUT2D eigenvalue weighted by Crippen LogP contribution is -2.54. The van der Waals surface area contributed by atoms with E-state index >= 15 is 0 Å². The van der Waals surface area contributed by atoms with Crippen molar-refractivity contribution in [1.29, 1.82) is 0 Å². The minimum Gasteiger partial charge on any atom is -0.444 e. The van der Waals surface area contributed by atoms with Gasteiger partial charge in [0.05, 0.1) is 12.7 Å². The highest BCUT2D eigenvalue weighted by molar-refractivity contribution is 5.97. The van der Waals surface area contributed by atoms with E-state index in [4.69, 9.17) is 9.47 Å². The van der Waals surface area contributed by atoms with Crippen LogP contribution in [0.1, 0.15) is 54.2 Å². The Bertz CT molecular complexity index is 975. The van der Waals surface area contributed by atoms with Crippen molar-refractivity contribution in [1.82, 2.24) is 25.2 Å². The number of ether oxygens (including phenoxy) is 2. The van der Waals surface area contributed by atoms with Gasteiger partial charge in [0.1, 0.15) is 36.3 Å². The molecule has 0 aliphatic carbocycles. The summed E-state index contributed by atoms with van der Waals surface area (Å²) in [6.07, 6.45) is -2.22. The molecular weight excluding hydrogens is 464 g/mol. The molecule has 1 aliphatic rings. The fraction of sp³-hybridized carbons (Fsp3) is 0.714. The molecule has 0 spiro atoms. The number of carbonyl (C=O) groups is 3. The van der Waals surface area contributed by atoms with Gasteiger partial charge in [-0.25, -0.2) is 14.6 Å². The predicted octanol–water partition coefficient (Wildman–Crippen LogP) is -0.728. The maximum atomic E-state index is 12.7. The number of aliphatic hydroxyl groups excluding tert-OH is 2. The van der Waals surface area contributed by atoms with Crippen molar-refractivity contribution in [3.05, 3.63) is 16.8 Å². The summed E-state index contributed by atoms with van der Waals surface area (Å²) in [5, 5.41) is 26.3. The number of hydrogen-bond donors (Lipinski definition) is 5. The Morgan fingerprint density at radius 1 is 1.23 bits per heavy atom. The topological polar surface area (TPSA) is 194 Å². The summed E-state index contributed by atoms with van der Waals surface area (Å²) in [6, 6.07) is -2.00. The lowest BCUT2D eigenvalue weighted by molar-refractivity contribution is -0.128. The molecule has 196 valence electrons. The molecule has 35 heavy (non-hydrogen) atoms. The Morgan fingerprint density at radius 2 is 1.89 bits per heavy atom. The van der Waals surface area contributed by atoms with Crippen molar-refractivity contribution in [3.8, 4) is 0 Å². The van der Waals surface area contributed by atoms with Gasteiger partial charge in [0.25, 0.3) is 0 Å². The Morgan fingerprint density at radius 3 is 2.40 bits per heavy atom. The summed E-state index contributed by atoms with van der Waals surface area (Å²) in [4.78, 5) is 57.2. The Kier molecular flexibility index (Phi) is 9.29. The van der Waals surface area contributed by atoms with Crippen LogP contribution in [0, 0.1) is 5.92 Å². The molecular formula is C21H34N6O8. The van der Waals surface area contributed by atoms with Crippen molar-refractivity contribution in [3.63, 3.8) is 0 Å². The van der Waals surface area contributed by atoms with Gasteiger partial charge in [-0.05, 0) is 33.6 Å². The fourth-order valence-electron chi connectivity index (χ4n) is 3.21. The van der Waals surface area contributed by atoms with Crippen LogP contribution in [-0.4, -0.2) is 79.2 Å². The monoisotopic (exact) mass is 498 g/mol. The van der Waals surface area contributed by atoms with Gasteiger partial charge in [-0.2, -0.15) is 4.98 Å². The summed E-state index contributed by atoms with van der Waals surface area (Å²) >= 11 is 0. The molecule has 14 nitrogen and oxygen atoms in total. The van der Waals surface area contributed by atoms with E-state index in [0.29, 0.717) is 0 Å². The molecule has 0 bridgehead atoms. The van der Waals surface area contributed by atoms with Gasteiger partial charge in [0, 0.05) is 6.42 Å². The number of aromatic nitrogens is 3. The Labute approximate surface area is 202 Å². The molecule has 0 saturated carbocycles. The van der Waals surface area contributed by atoms with Gasteiger partial charge in [0.2, 0.25) is 17.8 Å². The van der Waals surface area contributed by atoms with Crippen molar-refractivity contribution in [2.45, 2.75) is 84.1 Å². The number of nitrogens with zero attached hydrogens (tertiary/aromatic N) is 3. The second-order valence-corrected chi connectivity index (χ2v) is 9.57. The third-order valence-corrected chi connectivity index (χ3v) is 5.03. The third kappa shape index (κ3) is 7.97. The van der Waals surface area contributed by atoms with Crippen LogP contribution in [-0.2, 0) is 19.1 Å². The highest BCUT2D eigenvalue weighted by atomic mass is 16.6. The van der Waals surface area contributed by atoms with Crippen LogP contribution in [0.3, 0.4) is 0 Å². The highest BCUT2D eigenvalue weighted by Gasteiger charge is 2.35. The number of rotatable bonds is 8. The number of amides is 3. The van der Waals surface area contributed by atoms with Crippen LogP contribution >= 0.6 is 0 Å². The zero-order chi connectivity index (χ0) is 26.5. The van der Waals surface area contributed by atoms with Gasteiger partial charge < -0.3 is 30.3 Å². The summed E-state index contributed by atoms with van der Waals surface area (Å²) in [7, 11) is 0. The van der Waals surface area contributed by atoms with Crippen LogP contribution in [0.15, 0.2) is 11.1 Å². The molecule has 2 rings (SSSR count). The molecule has 1 aromatic heterocycles. The van der Waals surface area contributed by atoms with E-state index in [2.05, 4.69) is 25.9 Å². The Balaban J connectivity index is 1.98. The average molecular weight is 499 g/mol. The van der Waals surface area contributed by atoms with Crippen LogP contribution < -0.4 is 21.6 Å². The number of hydrogen-bond acceptors (Lipinski definition) is 10. The zero-order valence-corrected chi connectivity index (χ0v) is 20.6. The van der Waals surface area contributed by atoms with E-state index in [9.17, 15) is 29.4 Å². The molecule has 0 radical (unpaired) electrons. The first-order chi connectivity index (χ1) is 16.2. The summed E-state index contributed by atoms with van der Waals surface area (Å²) in [5.41, 5.74) is -1.53. The maximum Gasteiger partial charge on any atom is 0.408 e. The fourth-order valence-corrected chi connectivity index (χ4v) is 3.21. The first-order valence-electron chi connectivity index (χ1n) is 11.2. The van der Waals surface area contributed by atoms with Crippen molar-refractivity contribution in [2.75, 3.05) is 11.9 Å². The minimum absolute atomic E-state index is 0.0671. The lowest BCUT2D eigenvalue weighted by atomic mass is 10.0. The quantitative estimate of drug-likeness (QED) is 0.305. The molecule has 1 aromatic rings. The molecule has 1 aliphatic heterocycles. The smallest absolute Gasteiger partial charge is 0.408 e. The van der Waals surface area contributed by atoms with E-state index in [1.54, 1.807) is 34.6 Å². The molecule has 14 heteroatoms. The molecule has 3 amide bonds. The van der Waals surface area contributed by atoms with E-state index < -0.39 is 66.3 Å². The largest absolute Gasteiger partial charge is 0.444 e. The summed E-state index contributed by atoms with van der Waals surface area (Å²) in [5.74, 6) is -1.87. The Hall–Kier alpha value is -3.10. The van der Waals surface area contributed by atoms with E-state index in [0.717, 1.165) is 10.9 Å². The van der Waals surface area contributed by atoms with E-state index in [1.165, 1.54) is 6.92 Å². The molecule has 1 fully saturated rings. The molecule has 2 heterocycles. The van der Waals surface area contributed by atoms with Crippen molar-refractivity contribution >= 4 is 23.9 Å². The number of anilines is 1. The molecule has 1 saturated heterocycles. The normalized spacial score (nSPS) is 21.8. The summed E-state index contributed by atoms with van der Waals surface area (Å²) in [6.45, 7) is 9.55. The first-order valence-corrected chi connectivity index (χ1v) is 11.2. The average Bonchev–Trinajstić information content (AvgIpc) is 3.10. The number of aliphatic hydroxyl groups is 2. The van der Waals surface area contributed by atoms with Gasteiger partial charge >= 0.3 is 11.8 Å². The number of alkyl carbamates (subject to hydrolysis) is 1. The van der Waals surface area contributed by atoms with Crippen LogP contribution in [0.2, 0.25) is 0 Å². The number of nitrogens with one attached hydrogen (secondary N) is 3. The van der Waals surface area contributed by atoms with Gasteiger partial charge in [-0.3, -0.25) is 19.5 Å². The van der Waals surface area contributed by atoms with Gasteiger partial charge in [-0.1, -0.05) is 13.8 Å². The van der Waals surface area contributed by atoms with Crippen molar-refractivity contribution < 1.29 is 34.1 Å². The molecule has 0 unspecified atom stereocenters. The maximum absolute atomic E-state index is 12.7. The molecule has 5 atom stereocenters. The van der Waals surface area contributed by atoms with Gasteiger partial charge in [0.15, 0.2) is 0 Å². The molecule has 0 aromatic carbocycles. The van der Waals surface area contributed by atoms with Crippen LogP contribution in [0.4, 0.5) is 10.7 Å². The third-order valence-electron chi connectivity index (χ3n) is 5.03.